The van der Waals surface area contributed by atoms with E-state index in [4.69, 9.17) is 4.74 Å². The van der Waals surface area contributed by atoms with Gasteiger partial charge in [0.05, 0.1) is 11.2 Å². The van der Waals surface area contributed by atoms with Gasteiger partial charge in [-0.05, 0) is 61.4 Å². The number of anilines is 1. The summed E-state index contributed by atoms with van der Waals surface area (Å²) < 4.78 is 7.92. The van der Waals surface area contributed by atoms with Crippen molar-refractivity contribution < 1.29 is 9.53 Å². The predicted molar refractivity (Wildman–Crippen MR) is 124 cm³/mol. The van der Waals surface area contributed by atoms with Crippen molar-refractivity contribution in [3.8, 4) is 17.1 Å². The molecule has 3 heterocycles. The number of carbonyl (C=O) groups excluding carboxylic acids is 1. The molecule has 5 rings (SSSR count). The summed E-state index contributed by atoms with van der Waals surface area (Å²) in [4.78, 5) is 16.8. The average molecular weight is 446 g/mol. The van der Waals surface area contributed by atoms with Crippen LogP contribution in [-0.4, -0.2) is 25.7 Å². The van der Waals surface area contributed by atoms with Crippen LogP contribution in [0.3, 0.4) is 0 Å². The van der Waals surface area contributed by atoms with Crippen molar-refractivity contribution in [2.45, 2.75) is 38.8 Å². The molecule has 0 radical (unpaired) electrons. The Morgan fingerprint density at radius 2 is 1.88 bits per heavy atom. The van der Waals surface area contributed by atoms with Gasteiger partial charge in [0.15, 0.2) is 5.82 Å². The zero-order chi connectivity index (χ0) is 21.8. The van der Waals surface area contributed by atoms with Crippen molar-refractivity contribution in [1.29, 1.82) is 0 Å². The van der Waals surface area contributed by atoms with E-state index in [9.17, 15) is 4.79 Å². The summed E-state index contributed by atoms with van der Waals surface area (Å²) in [6.45, 7) is 1.37. The van der Waals surface area contributed by atoms with Crippen molar-refractivity contribution in [1.82, 2.24) is 19.7 Å². The van der Waals surface area contributed by atoms with Gasteiger partial charge in [-0.15, -0.1) is 21.5 Å². The quantitative estimate of drug-likeness (QED) is 0.454. The Morgan fingerprint density at radius 1 is 1.03 bits per heavy atom. The number of thiazole rings is 1. The molecule has 8 heteroatoms. The lowest BCUT2D eigenvalue weighted by molar-refractivity contribution is 0.102. The second-order valence-electron chi connectivity index (χ2n) is 7.73. The first-order chi connectivity index (χ1) is 15.8. The number of rotatable bonds is 6. The number of benzene rings is 2. The van der Waals surface area contributed by atoms with E-state index in [1.165, 1.54) is 24.2 Å². The van der Waals surface area contributed by atoms with E-state index in [1.807, 2.05) is 29.6 Å². The zero-order valence-electron chi connectivity index (χ0n) is 17.5. The van der Waals surface area contributed by atoms with Crippen molar-refractivity contribution in [2.75, 3.05) is 5.32 Å². The lowest BCUT2D eigenvalue weighted by Gasteiger charge is -2.09. The molecule has 0 unspecified atom stereocenters. The van der Waals surface area contributed by atoms with Gasteiger partial charge in [-0.25, -0.2) is 4.98 Å². The number of ether oxygens (including phenoxy) is 1. The Balaban J connectivity index is 1.22. The van der Waals surface area contributed by atoms with Gasteiger partial charge in [0, 0.05) is 35.2 Å². The van der Waals surface area contributed by atoms with Crippen molar-refractivity contribution in [3.05, 3.63) is 76.5 Å². The summed E-state index contributed by atoms with van der Waals surface area (Å²) in [5, 5.41) is 13.7. The van der Waals surface area contributed by atoms with E-state index < -0.39 is 0 Å². The van der Waals surface area contributed by atoms with Crippen LogP contribution < -0.4 is 10.1 Å². The minimum Gasteiger partial charge on any atom is -0.487 e. The molecule has 7 nitrogen and oxygen atoms in total. The molecule has 162 valence electrons. The zero-order valence-corrected chi connectivity index (χ0v) is 18.3. The Morgan fingerprint density at radius 3 is 2.66 bits per heavy atom. The van der Waals surface area contributed by atoms with E-state index in [-0.39, 0.29) is 5.91 Å². The Bertz CT molecular complexity index is 1180. The number of aryl methyl sites for hydroxylation is 1. The second kappa shape index (κ2) is 9.32. The number of carbonyl (C=O) groups is 1. The molecule has 0 saturated heterocycles. The number of aromatic nitrogens is 4. The summed E-state index contributed by atoms with van der Waals surface area (Å²) in [5.74, 6) is 2.49. The molecule has 0 bridgehead atoms. The van der Waals surface area contributed by atoms with Crippen LogP contribution in [0, 0.1) is 0 Å². The van der Waals surface area contributed by atoms with Crippen molar-refractivity contribution in [3.63, 3.8) is 0 Å². The monoisotopic (exact) mass is 445 g/mol. The van der Waals surface area contributed by atoms with Crippen molar-refractivity contribution in [2.24, 2.45) is 0 Å². The van der Waals surface area contributed by atoms with Crippen LogP contribution in [0.25, 0.3) is 11.4 Å². The van der Waals surface area contributed by atoms with Gasteiger partial charge in [0.1, 0.15) is 18.2 Å². The molecule has 32 heavy (non-hydrogen) atoms. The topological polar surface area (TPSA) is 81.9 Å². The lowest BCUT2D eigenvalue weighted by Crippen LogP contribution is -2.11. The van der Waals surface area contributed by atoms with Crippen LogP contribution in [0.4, 0.5) is 5.69 Å². The van der Waals surface area contributed by atoms with E-state index in [2.05, 4.69) is 25.1 Å². The number of hydrogen-bond donors (Lipinski definition) is 1. The summed E-state index contributed by atoms with van der Waals surface area (Å²) in [6, 6.07) is 14.9. The highest BCUT2D eigenvalue weighted by Gasteiger charge is 2.16. The number of amides is 1. The molecule has 0 spiro atoms. The first-order valence-electron chi connectivity index (χ1n) is 10.7. The van der Waals surface area contributed by atoms with Gasteiger partial charge in [0.25, 0.3) is 5.91 Å². The highest BCUT2D eigenvalue weighted by molar-refractivity contribution is 7.07. The van der Waals surface area contributed by atoms with E-state index in [1.54, 1.807) is 29.8 Å². The molecule has 2 aromatic carbocycles. The number of hydrogen-bond acceptors (Lipinski definition) is 6. The fourth-order valence-corrected chi connectivity index (χ4v) is 4.32. The minimum atomic E-state index is -0.167. The lowest BCUT2D eigenvalue weighted by atomic mass is 10.1. The van der Waals surface area contributed by atoms with Gasteiger partial charge in [0.2, 0.25) is 0 Å². The minimum absolute atomic E-state index is 0.167. The molecule has 0 saturated carbocycles. The van der Waals surface area contributed by atoms with E-state index in [0.29, 0.717) is 17.9 Å². The summed E-state index contributed by atoms with van der Waals surface area (Å²) in [5.41, 5.74) is 4.98. The summed E-state index contributed by atoms with van der Waals surface area (Å²) >= 11 is 1.54. The third kappa shape index (κ3) is 4.55. The molecular formula is C24H23N5O2S. The number of nitrogens with zero attached hydrogens (tertiary/aromatic N) is 4. The maximum absolute atomic E-state index is 12.6. The van der Waals surface area contributed by atoms with Crippen LogP contribution in [0.2, 0.25) is 0 Å². The first-order valence-corrected chi connectivity index (χ1v) is 11.6. The standard InChI is InChI=1S/C24H23N5O2S/c30-24(18-7-11-21(12-8-18)31-14-20-15-32-16-25-20)26-19-9-5-17(6-10-19)23-28-27-22-4-2-1-3-13-29(22)23/h5-12,15-16H,1-4,13-14H2,(H,26,30). The van der Waals surface area contributed by atoms with Gasteiger partial charge in [-0.2, -0.15) is 0 Å². The van der Waals surface area contributed by atoms with Gasteiger partial charge in [-0.3, -0.25) is 4.79 Å². The molecule has 4 aromatic rings. The highest BCUT2D eigenvalue weighted by Crippen LogP contribution is 2.24. The highest BCUT2D eigenvalue weighted by atomic mass is 32.1. The maximum atomic E-state index is 12.6. The Labute approximate surface area is 190 Å². The summed E-state index contributed by atoms with van der Waals surface area (Å²) in [7, 11) is 0. The van der Waals surface area contributed by atoms with Gasteiger partial charge < -0.3 is 14.6 Å². The number of nitrogens with one attached hydrogen (secondary N) is 1. The maximum Gasteiger partial charge on any atom is 0.255 e. The molecule has 1 N–H and O–H groups in total. The molecule has 0 fully saturated rings. The Hall–Kier alpha value is -3.52. The molecule has 2 aromatic heterocycles. The molecule has 0 atom stereocenters. The number of fused-ring (bicyclic) bond motifs is 1. The molecular weight excluding hydrogens is 422 g/mol. The van der Waals surface area contributed by atoms with Crippen LogP contribution in [0.5, 0.6) is 5.75 Å². The molecule has 1 amide bonds. The average Bonchev–Trinajstić information content (AvgIpc) is 3.43. The first kappa shape index (κ1) is 20.4. The van der Waals surface area contributed by atoms with Crippen LogP contribution in [-0.2, 0) is 19.6 Å². The van der Waals surface area contributed by atoms with Crippen LogP contribution >= 0.6 is 11.3 Å². The van der Waals surface area contributed by atoms with Crippen molar-refractivity contribution >= 4 is 22.9 Å². The third-order valence-electron chi connectivity index (χ3n) is 5.50. The second-order valence-corrected chi connectivity index (χ2v) is 8.45. The fourth-order valence-electron chi connectivity index (χ4n) is 3.77. The van der Waals surface area contributed by atoms with Crippen LogP contribution in [0.1, 0.15) is 41.1 Å². The molecule has 1 aliphatic heterocycles. The predicted octanol–water partition coefficient (Wildman–Crippen LogP) is 4.96. The normalized spacial score (nSPS) is 13.2. The third-order valence-corrected chi connectivity index (χ3v) is 6.13. The SMILES string of the molecule is O=C(Nc1ccc(-c2nnc3n2CCCCC3)cc1)c1ccc(OCc2cscn2)cc1. The summed E-state index contributed by atoms with van der Waals surface area (Å²) in [6.07, 6.45) is 4.53. The van der Waals surface area contributed by atoms with Gasteiger partial charge in [-0.1, -0.05) is 6.42 Å². The fraction of sp³-hybridized carbons (Fsp3) is 0.250. The Kier molecular flexibility index (Phi) is 5.93. The molecule has 1 aliphatic rings. The smallest absolute Gasteiger partial charge is 0.255 e. The molecule has 0 aliphatic carbocycles. The largest absolute Gasteiger partial charge is 0.487 e. The van der Waals surface area contributed by atoms with E-state index >= 15 is 0 Å². The van der Waals surface area contributed by atoms with Gasteiger partial charge >= 0.3 is 0 Å². The van der Waals surface area contributed by atoms with E-state index in [0.717, 1.165) is 48.0 Å². The van der Waals surface area contributed by atoms with Crippen LogP contribution in [0.15, 0.2) is 59.4 Å².